The van der Waals surface area contributed by atoms with Crippen LogP contribution in [0.25, 0.3) is 5.82 Å². The zero-order chi connectivity index (χ0) is 21.9. The number of aromatic nitrogens is 4. The average Bonchev–Trinajstić information content (AvgIpc) is 3.46. The molecule has 0 fully saturated rings. The Kier molecular flexibility index (Phi) is 5.00. The molecule has 160 valence electrons. The first kappa shape index (κ1) is 19.4. The number of hydrogen-bond donors (Lipinski definition) is 2. The van der Waals surface area contributed by atoms with Crippen LogP contribution in [-0.4, -0.2) is 32.3 Å². The molecular weight excluding hydrogens is 412 g/mol. The number of imidazole rings is 1. The summed E-state index contributed by atoms with van der Waals surface area (Å²) in [4.78, 5) is 25.0. The van der Waals surface area contributed by atoms with E-state index in [0.717, 1.165) is 0 Å². The normalized spacial score (nSPS) is 11.8. The summed E-state index contributed by atoms with van der Waals surface area (Å²) in [7, 11) is 0. The van der Waals surface area contributed by atoms with Crippen molar-refractivity contribution < 1.29 is 19.0 Å². The molecule has 0 saturated carbocycles. The van der Waals surface area contributed by atoms with Gasteiger partial charge in [0.1, 0.15) is 23.7 Å². The van der Waals surface area contributed by atoms with Gasteiger partial charge in [0.15, 0.2) is 11.5 Å². The van der Waals surface area contributed by atoms with Crippen molar-refractivity contribution in [1.29, 1.82) is 0 Å². The SMILES string of the molecule is Cc1nc(Oc2ccc(NC(=O)Nc3ccc4c(c3)OCO4)cc2)cc(-n2ccnc2)n1. The molecule has 1 aliphatic rings. The molecule has 0 saturated heterocycles. The van der Waals surface area contributed by atoms with Crippen LogP contribution in [0.5, 0.6) is 23.1 Å². The molecule has 0 spiro atoms. The highest BCUT2D eigenvalue weighted by Gasteiger charge is 2.14. The minimum Gasteiger partial charge on any atom is -0.454 e. The molecule has 0 bridgehead atoms. The van der Waals surface area contributed by atoms with Crippen LogP contribution in [0.1, 0.15) is 5.82 Å². The van der Waals surface area contributed by atoms with E-state index in [1.165, 1.54) is 0 Å². The van der Waals surface area contributed by atoms with E-state index < -0.39 is 0 Å². The second-order valence-electron chi connectivity index (χ2n) is 6.86. The van der Waals surface area contributed by atoms with Gasteiger partial charge in [-0.05, 0) is 43.3 Å². The number of urea groups is 1. The number of rotatable bonds is 5. The van der Waals surface area contributed by atoms with Crippen molar-refractivity contribution in [3.8, 4) is 28.9 Å². The Morgan fingerprint density at radius 1 is 1.00 bits per heavy atom. The maximum absolute atomic E-state index is 12.3. The summed E-state index contributed by atoms with van der Waals surface area (Å²) < 4.78 is 18.2. The molecule has 2 aromatic heterocycles. The largest absolute Gasteiger partial charge is 0.454 e. The summed E-state index contributed by atoms with van der Waals surface area (Å²) in [6.07, 6.45) is 5.12. The van der Waals surface area contributed by atoms with E-state index >= 15 is 0 Å². The lowest BCUT2D eigenvalue weighted by molar-refractivity contribution is 0.174. The number of anilines is 2. The predicted octanol–water partition coefficient (Wildman–Crippen LogP) is 4.14. The lowest BCUT2D eigenvalue weighted by atomic mass is 10.3. The van der Waals surface area contributed by atoms with Gasteiger partial charge in [0, 0.05) is 35.9 Å². The first-order valence-corrected chi connectivity index (χ1v) is 9.72. The highest BCUT2D eigenvalue weighted by molar-refractivity contribution is 6.00. The van der Waals surface area contributed by atoms with Crippen LogP contribution in [0.3, 0.4) is 0 Å². The fourth-order valence-corrected chi connectivity index (χ4v) is 3.10. The van der Waals surface area contributed by atoms with Gasteiger partial charge in [-0.25, -0.2) is 14.8 Å². The zero-order valence-corrected chi connectivity index (χ0v) is 17.0. The molecule has 0 radical (unpaired) electrons. The Bertz CT molecular complexity index is 1260. The van der Waals surface area contributed by atoms with Crippen molar-refractivity contribution in [2.45, 2.75) is 6.92 Å². The van der Waals surface area contributed by atoms with E-state index in [4.69, 9.17) is 14.2 Å². The number of nitrogens with zero attached hydrogens (tertiary/aromatic N) is 4. The van der Waals surface area contributed by atoms with Gasteiger partial charge in [-0.15, -0.1) is 0 Å². The lowest BCUT2D eigenvalue weighted by Gasteiger charge is -2.10. The summed E-state index contributed by atoms with van der Waals surface area (Å²) in [5.74, 6) is 3.46. The molecule has 32 heavy (non-hydrogen) atoms. The van der Waals surface area contributed by atoms with Gasteiger partial charge in [-0.2, -0.15) is 4.98 Å². The Balaban J connectivity index is 1.22. The Hall–Kier alpha value is -4.60. The smallest absolute Gasteiger partial charge is 0.323 e. The van der Waals surface area contributed by atoms with E-state index in [2.05, 4.69) is 25.6 Å². The van der Waals surface area contributed by atoms with Gasteiger partial charge in [-0.1, -0.05) is 0 Å². The Morgan fingerprint density at radius 2 is 1.78 bits per heavy atom. The third kappa shape index (κ3) is 4.29. The monoisotopic (exact) mass is 430 g/mol. The Labute approximate surface area is 182 Å². The number of hydrogen-bond acceptors (Lipinski definition) is 7. The van der Waals surface area contributed by atoms with Gasteiger partial charge >= 0.3 is 6.03 Å². The molecule has 0 aliphatic carbocycles. The highest BCUT2D eigenvalue weighted by atomic mass is 16.7. The Morgan fingerprint density at radius 3 is 2.59 bits per heavy atom. The van der Waals surface area contributed by atoms with Crippen LogP contribution in [0.4, 0.5) is 16.2 Å². The second-order valence-corrected chi connectivity index (χ2v) is 6.86. The number of carbonyl (C=O) groups is 1. The summed E-state index contributed by atoms with van der Waals surface area (Å²) in [6.45, 7) is 1.97. The topological polar surface area (TPSA) is 112 Å². The van der Waals surface area contributed by atoms with Gasteiger partial charge in [0.05, 0.1) is 0 Å². The number of nitrogens with one attached hydrogen (secondary N) is 2. The average molecular weight is 430 g/mol. The number of benzene rings is 2. The highest BCUT2D eigenvalue weighted by Crippen LogP contribution is 2.34. The molecule has 4 aromatic rings. The van der Waals surface area contributed by atoms with Crippen LogP contribution in [0.2, 0.25) is 0 Å². The van der Waals surface area contributed by atoms with E-state index in [1.807, 2.05) is 0 Å². The van der Waals surface area contributed by atoms with E-state index in [1.54, 1.807) is 78.7 Å². The van der Waals surface area contributed by atoms with Crippen molar-refractivity contribution in [1.82, 2.24) is 19.5 Å². The minimum absolute atomic E-state index is 0.179. The quantitative estimate of drug-likeness (QED) is 0.489. The molecule has 2 aromatic carbocycles. The minimum atomic E-state index is -0.381. The first-order chi connectivity index (χ1) is 15.6. The summed E-state index contributed by atoms with van der Waals surface area (Å²) in [5.41, 5.74) is 1.20. The molecule has 1 aliphatic heterocycles. The maximum Gasteiger partial charge on any atom is 0.323 e. The number of carbonyl (C=O) groups excluding carboxylic acids is 1. The van der Waals surface area contributed by atoms with Crippen LogP contribution in [-0.2, 0) is 0 Å². The van der Waals surface area contributed by atoms with Gasteiger partial charge in [0.2, 0.25) is 12.7 Å². The standard InChI is InChI=1S/C22H18N6O4/c1-14-24-20(28-9-8-23-12-28)11-21(25-14)32-17-5-2-15(3-6-17)26-22(29)27-16-4-7-18-19(10-16)31-13-30-18/h2-12H,13H2,1H3,(H2,26,27,29). The van der Waals surface area contributed by atoms with Crippen LogP contribution < -0.4 is 24.8 Å². The zero-order valence-electron chi connectivity index (χ0n) is 17.0. The molecular formula is C22H18N6O4. The van der Waals surface area contributed by atoms with Crippen molar-refractivity contribution in [2.75, 3.05) is 17.4 Å². The molecule has 2 amide bonds. The van der Waals surface area contributed by atoms with Crippen LogP contribution in [0, 0.1) is 6.92 Å². The summed E-state index contributed by atoms with van der Waals surface area (Å²) in [6, 6.07) is 13.5. The number of fused-ring (bicyclic) bond motifs is 1. The van der Waals surface area contributed by atoms with E-state index in [9.17, 15) is 4.79 Å². The summed E-state index contributed by atoms with van der Waals surface area (Å²) in [5, 5.41) is 5.53. The molecule has 2 N–H and O–H groups in total. The summed E-state index contributed by atoms with van der Waals surface area (Å²) >= 11 is 0. The first-order valence-electron chi connectivity index (χ1n) is 9.72. The number of amides is 2. The fourth-order valence-electron chi connectivity index (χ4n) is 3.10. The molecule has 0 atom stereocenters. The van der Waals surface area contributed by atoms with Crippen molar-refractivity contribution >= 4 is 17.4 Å². The van der Waals surface area contributed by atoms with Crippen molar-refractivity contribution in [3.05, 3.63) is 73.1 Å². The third-order valence-corrected chi connectivity index (χ3v) is 4.53. The molecule has 3 heterocycles. The number of aryl methyl sites for hydroxylation is 1. The third-order valence-electron chi connectivity index (χ3n) is 4.53. The number of ether oxygens (including phenoxy) is 3. The molecule has 5 rings (SSSR count). The molecule has 0 unspecified atom stereocenters. The van der Waals surface area contributed by atoms with E-state index in [-0.39, 0.29) is 12.8 Å². The van der Waals surface area contributed by atoms with Crippen LogP contribution >= 0.6 is 0 Å². The second kappa shape index (κ2) is 8.26. The molecule has 10 nitrogen and oxygen atoms in total. The fraction of sp³-hybridized carbons (Fsp3) is 0.0909. The van der Waals surface area contributed by atoms with Gasteiger partial charge in [0.25, 0.3) is 0 Å². The maximum atomic E-state index is 12.3. The van der Waals surface area contributed by atoms with Crippen molar-refractivity contribution in [2.24, 2.45) is 0 Å². The van der Waals surface area contributed by atoms with Crippen LogP contribution in [0.15, 0.2) is 67.3 Å². The lowest BCUT2D eigenvalue weighted by Crippen LogP contribution is -2.19. The van der Waals surface area contributed by atoms with E-state index in [0.29, 0.717) is 46.1 Å². The molecule has 10 heteroatoms. The van der Waals surface area contributed by atoms with Gasteiger partial charge < -0.3 is 24.8 Å². The van der Waals surface area contributed by atoms with Crippen molar-refractivity contribution in [3.63, 3.8) is 0 Å². The van der Waals surface area contributed by atoms with Gasteiger partial charge in [-0.3, -0.25) is 4.57 Å². The predicted molar refractivity (Wildman–Crippen MR) is 116 cm³/mol.